The van der Waals surface area contributed by atoms with Crippen molar-refractivity contribution in [2.45, 2.75) is 38.3 Å². The van der Waals surface area contributed by atoms with Gasteiger partial charge in [0.2, 0.25) is 5.91 Å². The molecule has 20 heavy (non-hydrogen) atoms. The number of amides is 1. The molecule has 1 amide bonds. The van der Waals surface area contributed by atoms with Gasteiger partial charge in [-0.15, -0.1) is 0 Å². The van der Waals surface area contributed by atoms with Crippen LogP contribution < -0.4 is 0 Å². The fourth-order valence-corrected chi connectivity index (χ4v) is 2.71. The number of rotatable bonds is 6. The maximum Gasteiger partial charge on any atom is 0.397 e. The number of aliphatic hydroxyl groups excluding tert-OH is 1. The van der Waals surface area contributed by atoms with E-state index in [-0.39, 0.29) is 13.2 Å². The zero-order valence-corrected chi connectivity index (χ0v) is 11.7. The molecule has 4 nitrogen and oxygen atoms in total. The third kappa shape index (κ3) is 5.28. The smallest absolute Gasteiger partial charge is 0.396 e. The molecule has 0 radical (unpaired) electrons. The Hall–Kier alpha value is -0.820. The van der Waals surface area contributed by atoms with E-state index in [4.69, 9.17) is 4.74 Å². The van der Waals surface area contributed by atoms with E-state index in [9.17, 15) is 23.1 Å². The molecule has 0 aromatic carbocycles. The molecule has 1 aliphatic heterocycles. The molecule has 0 unspecified atom stereocenters. The molecule has 1 rings (SSSR count). The van der Waals surface area contributed by atoms with Crippen LogP contribution in [0.3, 0.4) is 0 Å². The largest absolute Gasteiger partial charge is 0.397 e. The van der Waals surface area contributed by atoms with Crippen LogP contribution in [0.15, 0.2) is 0 Å². The van der Waals surface area contributed by atoms with Crippen molar-refractivity contribution in [3.05, 3.63) is 0 Å². The summed E-state index contributed by atoms with van der Waals surface area (Å²) in [6, 6.07) is 0. The molecule has 1 atom stereocenters. The monoisotopic (exact) mass is 297 g/mol. The lowest BCUT2D eigenvalue weighted by Gasteiger charge is -2.42. The van der Waals surface area contributed by atoms with Gasteiger partial charge in [0.05, 0.1) is 6.61 Å². The lowest BCUT2D eigenvalue weighted by atomic mass is 9.77. The molecular weight excluding hydrogens is 275 g/mol. The number of likely N-dealkylation sites (tertiary alicyclic amines) is 1. The normalized spacial score (nSPS) is 23.9. The Balaban J connectivity index is 2.61. The number of carbonyl (C=O) groups is 1. The number of methoxy groups -OCH3 is 1. The highest BCUT2D eigenvalue weighted by molar-refractivity contribution is 5.77. The van der Waals surface area contributed by atoms with E-state index >= 15 is 0 Å². The van der Waals surface area contributed by atoms with Crippen molar-refractivity contribution in [3.8, 4) is 0 Å². The highest BCUT2D eigenvalue weighted by Gasteiger charge is 2.39. The van der Waals surface area contributed by atoms with Crippen LogP contribution in [0.1, 0.15) is 32.1 Å². The first kappa shape index (κ1) is 17.2. The molecule has 0 spiro atoms. The maximum atomic E-state index is 12.3. The summed E-state index contributed by atoms with van der Waals surface area (Å²) in [5, 5.41) is 9.57. The summed E-state index contributed by atoms with van der Waals surface area (Å²) in [7, 11) is 1.58. The van der Waals surface area contributed by atoms with Crippen molar-refractivity contribution < 1.29 is 27.8 Å². The van der Waals surface area contributed by atoms with E-state index in [1.165, 1.54) is 4.90 Å². The van der Waals surface area contributed by atoms with Crippen LogP contribution in [-0.2, 0) is 9.53 Å². The van der Waals surface area contributed by atoms with E-state index in [1.54, 1.807) is 7.11 Å². The summed E-state index contributed by atoms with van der Waals surface area (Å²) in [4.78, 5) is 12.9. The van der Waals surface area contributed by atoms with Gasteiger partial charge >= 0.3 is 6.18 Å². The van der Waals surface area contributed by atoms with E-state index in [0.717, 1.165) is 12.8 Å². The number of nitrogens with zero attached hydrogens (tertiary/aromatic N) is 1. The van der Waals surface area contributed by atoms with Crippen molar-refractivity contribution in [2.24, 2.45) is 5.41 Å². The molecule has 0 saturated carbocycles. The molecule has 1 heterocycles. The average Bonchev–Trinajstić information content (AvgIpc) is 2.37. The van der Waals surface area contributed by atoms with Crippen molar-refractivity contribution in [2.75, 3.05) is 33.4 Å². The number of hydrogen-bond donors (Lipinski definition) is 1. The highest BCUT2D eigenvalue weighted by Crippen LogP contribution is 2.35. The van der Waals surface area contributed by atoms with Crippen LogP contribution in [0.4, 0.5) is 13.2 Å². The fourth-order valence-electron chi connectivity index (χ4n) is 2.71. The van der Waals surface area contributed by atoms with Crippen LogP contribution in [0.25, 0.3) is 0 Å². The van der Waals surface area contributed by atoms with Gasteiger partial charge in [-0.25, -0.2) is 0 Å². The summed E-state index contributed by atoms with van der Waals surface area (Å²) in [5.74, 6) is -0.901. The fraction of sp³-hybridized carbons (Fsp3) is 0.923. The molecule has 1 fully saturated rings. The van der Waals surface area contributed by atoms with E-state index in [2.05, 4.69) is 0 Å². The van der Waals surface area contributed by atoms with Crippen molar-refractivity contribution in [1.82, 2.24) is 4.90 Å². The lowest BCUT2D eigenvalue weighted by Crippen LogP contribution is -2.48. The van der Waals surface area contributed by atoms with Crippen LogP contribution in [0.5, 0.6) is 0 Å². The standard InChI is InChI=1S/C13H22F3NO3/c1-20-7-3-5-12(10-18)4-2-6-17(9-12)11(19)8-13(14,15)16/h18H,2-10H2,1H3/t12-/m0/s1. The van der Waals surface area contributed by atoms with Gasteiger partial charge in [0, 0.05) is 32.2 Å². The molecule has 7 heteroatoms. The Labute approximate surface area is 116 Å². The molecule has 1 saturated heterocycles. The van der Waals surface area contributed by atoms with Crippen LogP contribution >= 0.6 is 0 Å². The van der Waals surface area contributed by atoms with Crippen LogP contribution in [0.2, 0.25) is 0 Å². The number of ether oxygens (including phenoxy) is 1. The third-order valence-corrected chi connectivity index (χ3v) is 3.76. The first-order valence-corrected chi connectivity index (χ1v) is 6.76. The zero-order valence-electron chi connectivity index (χ0n) is 11.7. The van der Waals surface area contributed by atoms with Gasteiger partial charge in [-0.2, -0.15) is 13.2 Å². The summed E-state index contributed by atoms with van der Waals surface area (Å²) in [6.07, 6.45) is -3.19. The van der Waals surface area contributed by atoms with Gasteiger partial charge in [-0.1, -0.05) is 0 Å². The minimum Gasteiger partial charge on any atom is -0.396 e. The molecule has 0 bridgehead atoms. The van der Waals surface area contributed by atoms with Crippen LogP contribution in [-0.4, -0.2) is 55.5 Å². The van der Waals surface area contributed by atoms with Gasteiger partial charge in [0.15, 0.2) is 0 Å². The Morgan fingerprint density at radius 3 is 2.70 bits per heavy atom. The Bertz CT molecular complexity index is 322. The van der Waals surface area contributed by atoms with Crippen molar-refractivity contribution in [1.29, 1.82) is 0 Å². The summed E-state index contributed by atoms with van der Waals surface area (Å²) < 4.78 is 41.8. The van der Waals surface area contributed by atoms with Gasteiger partial charge < -0.3 is 14.7 Å². The molecule has 0 aliphatic carbocycles. The predicted octanol–water partition coefficient (Wildman–Crippen LogP) is 1.97. The minimum atomic E-state index is -4.48. The first-order chi connectivity index (χ1) is 9.32. The molecular formula is C13H22F3NO3. The molecule has 1 N–H and O–H groups in total. The van der Waals surface area contributed by atoms with Crippen molar-refractivity contribution >= 4 is 5.91 Å². The number of halogens is 3. The average molecular weight is 297 g/mol. The second-order valence-corrected chi connectivity index (χ2v) is 5.47. The Morgan fingerprint density at radius 1 is 1.45 bits per heavy atom. The molecule has 0 aromatic rings. The minimum absolute atomic E-state index is 0.119. The number of piperidine rings is 1. The second kappa shape index (κ2) is 7.26. The second-order valence-electron chi connectivity index (χ2n) is 5.47. The maximum absolute atomic E-state index is 12.3. The predicted molar refractivity (Wildman–Crippen MR) is 67.1 cm³/mol. The van der Waals surface area contributed by atoms with E-state index in [0.29, 0.717) is 26.0 Å². The summed E-state index contributed by atoms with van der Waals surface area (Å²) in [6.45, 7) is 0.952. The van der Waals surface area contributed by atoms with Crippen molar-refractivity contribution in [3.63, 3.8) is 0 Å². The van der Waals surface area contributed by atoms with Gasteiger partial charge in [-0.3, -0.25) is 4.79 Å². The SMILES string of the molecule is COCCC[C@@]1(CO)CCCN(C(=O)CC(F)(F)F)C1. The number of hydrogen-bond acceptors (Lipinski definition) is 3. The van der Waals surface area contributed by atoms with Crippen LogP contribution in [0, 0.1) is 5.41 Å². The number of alkyl halides is 3. The molecule has 118 valence electrons. The zero-order chi connectivity index (χ0) is 15.2. The lowest BCUT2D eigenvalue weighted by molar-refractivity contribution is -0.164. The summed E-state index contributed by atoms with van der Waals surface area (Å²) >= 11 is 0. The van der Waals surface area contributed by atoms with Gasteiger partial charge in [0.25, 0.3) is 0 Å². The molecule has 1 aliphatic rings. The summed E-state index contributed by atoms with van der Waals surface area (Å²) in [5.41, 5.74) is -0.488. The highest BCUT2D eigenvalue weighted by atomic mass is 19.4. The van der Waals surface area contributed by atoms with Gasteiger partial charge in [0.1, 0.15) is 6.42 Å². The van der Waals surface area contributed by atoms with E-state index < -0.39 is 23.9 Å². The first-order valence-electron chi connectivity index (χ1n) is 6.76. The van der Waals surface area contributed by atoms with E-state index in [1.807, 2.05) is 0 Å². The quantitative estimate of drug-likeness (QED) is 0.763. The Kier molecular flexibility index (Phi) is 6.26. The molecule has 0 aromatic heterocycles. The van der Waals surface area contributed by atoms with Gasteiger partial charge in [-0.05, 0) is 25.7 Å². The Morgan fingerprint density at radius 2 is 2.15 bits per heavy atom. The number of carbonyl (C=O) groups excluding carboxylic acids is 1. The number of aliphatic hydroxyl groups is 1. The topological polar surface area (TPSA) is 49.8 Å². The third-order valence-electron chi connectivity index (χ3n) is 3.76.